The van der Waals surface area contributed by atoms with Crippen molar-refractivity contribution in [2.24, 2.45) is 11.8 Å². The highest BCUT2D eigenvalue weighted by molar-refractivity contribution is 6.04. The average molecular weight is 690 g/mol. The number of likely N-dealkylation sites (N-methyl/N-ethyl adjacent to an activating group) is 1. The van der Waals surface area contributed by atoms with E-state index >= 15 is 0 Å². The van der Waals surface area contributed by atoms with Crippen LogP contribution in [0.25, 0.3) is 0 Å². The Morgan fingerprint density at radius 3 is 2.38 bits per heavy atom. The second-order valence-corrected chi connectivity index (χ2v) is 14.9. The zero-order chi connectivity index (χ0) is 35.6. The number of carbonyl (C=O) groups is 2. The number of amides is 1. The van der Waals surface area contributed by atoms with Crippen LogP contribution in [0.5, 0.6) is 5.75 Å². The van der Waals surface area contributed by atoms with E-state index in [1.165, 1.54) is 84.1 Å². The molecule has 6 rings (SSSR count). The molecule has 10 heteroatoms. The number of nitrogens with one attached hydrogen (secondary N) is 1. The molecule has 0 spiro atoms. The van der Waals surface area contributed by atoms with Gasteiger partial charge in [0.05, 0.1) is 18.5 Å². The van der Waals surface area contributed by atoms with Crippen LogP contribution in [0.15, 0.2) is 37.1 Å². The molecule has 2 aliphatic heterocycles. The third-order valence-electron chi connectivity index (χ3n) is 10.8. The molecule has 1 aromatic carbocycles. The fourth-order valence-corrected chi connectivity index (χ4v) is 7.70. The van der Waals surface area contributed by atoms with Crippen LogP contribution in [0.1, 0.15) is 104 Å². The summed E-state index contributed by atoms with van der Waals surface area (Å²) in [6.07, 6.45) is 17.6. The van der Waals surface area contributed by atoms with Gasteiger partial charge in [-0.25, -0.2) is 4.98 Å². The highest BCUT2D eigenvalue weighted by Gasteiger charge is 2.38. The monoisotopic (exact) mass is 689 g/mol. The van der Waals surface area contributed by atoms with Gasteiger partial charge < -0.3 is 24.8 Å². The van der Waals surface area contributed by atoms with E-state index in [1.54, 1.807) is 36.3 Å². The van der Waals surface area contributed by atoms with Gasteiger partial charge in [-0.2, -0.15) is 4.98 Å². The van der Waals surface area contributed by atoms with Crippen LogP contribution in [0, 0.1) is 11.8 Å². The average Bonchev–Trinajstić information content (AvgIpc) is 3.94. The van der Waals surface area contributed by atoms with Gasteiger partial charge in [0.2, 0.25) is 11.9 Å². The fraction of sp³-hybridized carbons (Fsp3) is 0.650. The summed E-state index contributed by atoms with van der Waals surface area (Å²) in [5, 5.41) is 3.21. The second-order valence-electron chi connectivity index (χ2n) is 14.9. The van der Waals surface area contributed by atoms with Gasteiger partial charge in [0.25, 0.3) is 0 Å². The second kappa shape index (κ2) is 18.1. The zero-order valence-corrected chi connectivity index (χ0v) is 31.3. The van der Waals surface area contributed by atoms with Crippen LogP contribution in [-0.2, 0) is 4.79 Å². The number of rotatable bonds is 12. The SMILES string of the molecule is C=CC1CCCC(N2CCN(CC3CC3)CC2)CCC1.CCCOc1cc(C=O)ccc1Nc1ncc2c(n1)N(C(C)C)[C@@H](CC)C(=O)N2C.[HH]. The number of aromatic nitrogens is 2. The van der Waals surface area contributed by atoms with Crippen molar-refractivity contribution in [2.45, 2.75) is 110 Å². The van der Waals surface area contributed by atoms with Crippen LogP contribution >= 0.6 is 0 Å². The lowest BCUT2D eigenvalue weighted by molar-refractivity contribution is -0.120. The van der Waals surface area contributed by atoms with Crippen LogP contribution in [-0.4, -0.2) is 96.5 Å². The number of ether oxygens (including phenoxy) is 1. The normalized spacial score (nSPS) is 23.3. The molecule has 2 aliphatic carbocycles. The van der Waals surface area contributed by atoms with Gasteiger partial charge in [-0.05, 0) is 95.2 Å². The Balaban J connectivity index is 0.000000241. The van der Waals surface area contributed by atoms with E-state index in [-0.39, 0.29) is 19.4 Å². The Hall–Kier alpha value is -3.50. The fourth-order valence-electron chi connectivity index (χ4n) is 7.70. The number of nitrogens with zero attached hydrogens (tertiary/aromatic N) is 6. The highest BCUT2D eigenvalue weighted by Crippen LogP contribution is 2.37. The Morgan fingerprint density at radius 1 is 1.06 bits per heavy atom. The van der Waals surface area contributed by atoms with Crippen molar-refractivity contribution in [1.29, 1.82) is 0 Å². The Labute approximate surface area is 302 Å². The molecule has 276 valence electrons. The van der Waals surface area contributed by atoms with Crippen LogP contribution in [0.2, 0.25) is 0 Å². The predicted molar refractivity (Wildman–Crippen MR) is 206 cm³/mol. The molecule has 0 bridgehead atoms. The number of fused-ring (bicyclic) bond motifs is 1. The molecule has 10 nitrogen and oxygen atoms in total. The molecule has 50 heavy (non-hydrogen) atoms. The van der Waals surface area contributed by atoms with Gasteiger partial charge >= 0.3 is 0 Å². The summed E-state index contributed by atoms with van der Waals surface area (Å²) in [7, 11) is 1.76. The number of anilines is 4. The lowest BCUT2D eigenvalue weighted by Crippen LogP contribution is -2.54. The molecule has 0 unspecified atom stereocenters. The van der Waals surface area contributed by atoms with Gasteiger partial charge in [0, 0.05) is 58.8 Å². The molecule has 1 atom stereocenters. The Kier molecular flexibility index (Phi) is 13.7. The minimum absolute atomic E-state index is 0. The lowest BCUT2D eigenvalue weighted by Gasteiger charge is -2.42. The first-order valence-corrected chi connectivity index (χ1v) is 19.3. The molecule has 2 saturated carbocycles. The summed E-state index contributed by atoms with van der Waals surface area (Å²) in [6, 6.07) is 5.91. The summed E-state index contributed by atoms with van der Waals surface area (Å²) in [5.74, 6) is 3.59. The molecule has 2 aromatic rings. The molecule has 1 aromatic heterocycles. The summed E-state index contributed by atoms with van der Waals surface area (Å²) in [5.41, 5.74) is 1.90. The maximum absolute atomic E-state index is 12.8. The smallest absolute Gasteiger partial charge is 0.249 e. The molecule has 1 N–H and O–H groups in total. The van der Waals surface area contributed by atoms with Crippen molar-refractivity contribution in [1.82, 2.24) is 19.8 Å². The minimum Gasteiger partial charge on any atom is -0.491 e. The number of hydrogen-bond donors (Lipinski definition) is 1. The third-order valence-corrected chi connectivity index (χ3v) is 10.8. The molecular formula is C40H63N7O3. The summed E-state index contributed by atoms with van der Waals surface area (Å²) in [4.78, 5) is 42.3. The summed E-state index contributed by atoms with van der Waals surface area (Å²) < 4.78 is 5.80. The summed E-state index contributed by atoms with van der Waals surface area (Å²) >= 11 is 0. The number of carbonyl (C=O) groups excluding carboxylic acids is 2. The van der Waals surface area contributed by atoms with E-state index in [0.717, 1.165) is 36.4 Å². The van der Waals surface area contributed by atoms with E-state index in [1.807, 2.05) is 13.8 Å². The summed E-state index contributed by atoms with van der Waals surface area (Å²) in [6.45, 7) is 19.3. The molecule has 0 radical (unpaired) electrons. The molecule has 1 amide bonds. The highest BCUT2D eigenvalue weighted by atomic mass is 16.5. The first-order chi connectivity index (χ1) is 24.3. The van der Waals surface area contributed by atoms with Crippen molar-refractivity contribution >= 4 is 35.3 Å². The largest absolute Gasteiger partial charge is 0.491 e. The van der Waals surface area contributed by atoms with E-state index in [0.29, 0.717) is 41.7 Å². The van der Waals surface area contributed by atoms with Gasteiger partial charge in [0.15, 0.2) is 5.82 Å². The van der Waals surface area contributed by atoms with Crippen LogP contribution in [0.4, 0.5) is 23.1 Å². The van der Waals surface area contributed by atoms with Crippen molar-refractivity contribution in [3.63, 3.8) is 0 Å². The van der Waals surface area contributed by atoms with E-state index < -0.39 is 0 Å². The number of piperazine rings is 1. The van der Waals surface area contributed by atoms with Gasteiger partial charge in [-0.1, -0.05) is 32.8 Å². The van der Waals surface area contributed by atoms with E-state index in [2.05, 4.69) is 51.5 Å². The number of allylic oxidation sites excluding steroid dienone is 1. The van der Waals surface area contributed by atoms with Crippen molar-refractivity contribution in [2.75, 3.05) is 61.5 Å². The number of aldehydes is 1. The van der Waals surface area contributed by atoms with Gasteiger partial charge in [0.1, 0.15) is 23.8 Å². The molecule has 3 fully saturated rings. The van der Waals surface area contributed by atoms with Gasteiger partial charge in [-0.3, -0.25) is 14.5 Å². The standard InChI is InChI=1S/C22H29N5O3.C18H32N2.H2/c1-6-10-30-19-11-15(13-28)8-9-16(19)24-22-23-12-18-20(25-22)27(14(3)4)17(7-2)21(29)26(18)5;1-2-16-5-3-7-18(8-4-6-16)20-13-11-19(12-14-20)15-17-9-10-17;/h8-9,11-14,17H,6-7,10H2,1-5H3,(H,23,24,25);2,16-18H,1,3-15H2;1H/t17-;;/m0../s1. The van der Waals surface area contributed by atoms with E-state index in [4.69, 9.17) is 9.72 Å². The first kappa shape index (κ1) is 37.7. The Morgan fingerprint density at radius 2 is 1.78 bits per heavy atom. The molecular weight excluding hydrogens is 626 g/mol. The maximum Gasteiger partial charge on any atom is 0.249 e. The van der Waals surface area contributed by atoms with Crippen LogP contribution in [0.3, 0.4) is 0 Å². The maximum atomic E-state index is 12.8. The van der Waals surface area contributed by atoms with E-state index in [9.17, 15) is 9.59 Å². The van der Waals surface area contributed by atoms with Crippen molar-refractivity contribution < 1.29 is 15.8 Å². The Bertz CT molecular complexity index is 1420. The molecule has 1 saturated heterocycles. The number of hydrogen-bond acceptors (Lipinski definition) is 9. The lowest BCUT2D eigenvalue weighted by atomic mass is 9.88. The first-order valence-electron chi connectivity index (χ1n) is 19.3. The predicted octanol–water partition coefficient (Wildman–Crippen LogP) is 7.58. The van der Waals surface area contributed by atoms with Crippen LogP contribution < -0.4 is 19.9 Å². The zero-order valence-electron chi connectivity index (χ0n) is 31.3. The van der Waals surface area contributed by atoms with Crippen molar-refractivity contribution in [3.05, 3.63) is 42.6 Å². The van der Waals surface area contributed by atoms with Crippen molar-refractivity contribution in [3.8, 4) is 5.75 Å². The number of benzene rings is 1. The quantitative estimate of drug-likeness (QED) is 0.179. The van der Waals surface area contributed by atoms with Gasteiger partial charge in [-0.15, -0.1) is 6.58 Å². The minimum atomic E-state index is -0.263. The third kappa shape index (κ3) is 9.63. The molecule has 3 heterocycles. The molecule has 4 aliphatic rings. The topological polar surface area (TPSA) is 94.1 Å².